The van der Waals surface area contributed by atoms with Gasteiger partial charge in [-0.15, -0.1) is 11.8 Å². The lowest BCUT2D eigenvalue weighted by atomic mass is 10.0. The fourth-order valence-electron chi connectivity index (χ4n) is 4.69. The SMILES string of the molecule is COc1ccccc1C(CNC(=O)c1ccccc1SCC(=O)N1CCCC1)N1CCCC1. The van der Waals surface area contributed by atoms with E-state index in [4.69, 9.17) is 4.74 Å². The molecule has 0 aromatic heterocycles. The standard InChI is InChI=1S/C26H33N3O3S/c1-32-23-12-4-2-10-20(23)22(28-14-6-7-15-28)18-27-26(31)21-11-3-5-13-24(21)33-19-25(30)29-16-8-9-17-29/h2-5,10-13,22H,6-9,14-19H2,1H3,(H,27,31). The minimum absolute atomic E-state index is 0.0594. The van der Waals surface area contributed by atoms with Gasteiger partial charge in [0.25, 0.3) is 5.91 Å². The molecule has 2 aromatic carbocycles. The number of carbonyl (C=O) groups is 2. The third kappa shape index (κ3) is 5.89. The Balaban J connectivity index is 1.44. The highest BCUT2D eigenvalue weighted by atomic mass is 32.2. The highest BCUT2D eigenvalue weighted by molar-refractivity contribution is 8.00. The van der Waals surface area contributed by atoms with Gasteiger partial charge in [0.15, 0.2) is 0 Å². The second-order valence-corrected chi connectivity index (χ2v) is 9.60. The minimum atomic E-state index is -0.106. The molecule has 1 atom stereocenters. The molecule has 2 aliphatic rings. The van der Waals surface area contributed by atoms with E-state index < -0.39 is 0 Å². The van der Waals surface area contributed by atoms with Crippen molar-refractivity contribution < 1.29 is 14.3 Å². The van der Waals surface area contributed by atoms with Crippen LogP contribution in [0.1, 0.15) is 47.6 Å². The fourth-order valence-corrected chi connectivity index (χ4v) is 5.65. The van der Waals surface area contributed by atoms with E-state index in [1.165, 1.54) is 24.6 Å². The number of rotatable bonds is 9. The lowest BCUT2D eigenvalue weighted by Crippen LogP contribution is -2.37. The molecule has 2 aliphatic heterocycles. The Kier molecular flexibility index (Phi) is 8.29. The number of amides is 2. The first-order valence-electron chi connectivity index (χ1n) is 11.8. The lowest BCUT2D eigenvalue weighted by molar-refractivity contribution is -0.127. The third-order valence-corrected chi connectivity index (χ3v) is 7.54. The number of ether oxygens (including phenoxy) is 1. The van der Waals surface area contributed by atoms with Gasteiger partial charge in [-0.3, -0.25) is 14.5 Å². The van der Waals surface area contributed by atoms with E-state index in [9.17, 15) is 9.59 Å². The zero-order valence-electron chi connectivity index (χ0n) is 19.3. The summed E-state index contributed by atoms with van der Waals surface area (Å²) >= 11 is 1.45. The molecule has 2 amide bonds. The number of hydrogen-bond acceptors (Lipinski definition) is 5. The van der Waals surface area contributed by atoms with Crippen molar-refractivity contribution >= 4 is 23.6 Å². The zero-order valence-corrected chi connectivity index (χ0v) is 20.1. The van der Waals surface area contributed by atoms with Gasteiger partial charge in [-0.05, 0) is 57.0 Å². The first-order valence-corrected chi connectivity index (χ1v) is 12.8. The first-order chi connectivity index (χ1) is 16.2. The summed E-state index contributed by atoms with van der Waals surface area (Å²) in [5, 5.41) is 3.16. The van der Waals surface area contributed by atoms with Crippen molar-refractivity contribution in [3.05, 3.63) is 59.7 Å². The molecule has 2 saturated heterocycles. The van der Waals surface area contributed by atoms with Crippen LogP contribution in [0.4, 0.5) is 0 Å². The van der Waals surface area contributed by atoms with E-state index in [-0.39, 0.29) is 17.9 Å². The molecule has 0 spiro atoms. The summed E-state index contributed by atoms with van der Waals surface area (Å²) in [7, 11) is 1.69. The highest BCUT2D eigenvalue weighted by Gasteiger charge is 2.27. The monoisotopic (exact) mass is 467 g/mol. The average molecular weight is 468 g/mol. The fraction of sp³-hybridized carbons (Fsp3) is 0.462. The van der Waals surface area contributed by atoms with Crippen LogP contribution < -0.4 is 10.1 Å². The predicted octanol–water partition coefficient (Wildman–Crippen LogP) is 3.98. The van der Waals surface area contributed by atoms with Crippen molar-refractivity contribution in [1.82, 2.24) is 15.1 Å². The Bertz CT molecular complexity index is 955. The van der Waals surface area contributed by atoms with Crippen LogP contribution in [0, 0.1) is 0 Å². The molecule has 0 aliphatic carbocycles. The summed E-state index contributed by atoms with van der Waals surface area (Å²) in [6, 6.07) is 15.7. The number of nitrogens with zero attached hydrogens (tertiary/aromatic N) is 2. The van der Waals surface area contributed by atoms with Crippen molar-refractivity contribution in [2.24, 2.45) is 0 Å². The molecule has 6 nitrogen and oxygen atoms in total. The Morgan fingerprint density at radius 2 is 1.64 bits per heavy atom. The van der Waals surface area contributed by atoms with Gasteiger partial charge >= 0.3 is 0 Å². The van der Waals surface area contributed by atoms with E-state index in [0.29, 0.717) is 17.9 Å². The topological polar surface area (TPSA) is 61.9 Å². The van der Waals surface area contributed by atoms with Crippen LogP contribution in [-0.4, -0.2) is 67.2 Å². The third-order valence-electron chi connectivity index (χ3n) is 6.48. The van der Waals surface area contributed by atoms with Gasteiger partial charge in [0.2, 0.25) is 5.91 Å². The quantitative estimate of drug-likeness (QED) is 0.566. The number of carbonyl (C=O) groups excluding carboxylic acids is 2. The smallest absolute Gasteiger partial charge is 0.252 e. The maximum absolute atomic E-state index is 13.2. The van der Waals surface area contributed by atoms with Crippen LogP contribution in [0.25, 0.3) is 0 Å². The van der Waals surface area contributed by atoms with Gasteiger partial charge in [-0.25, -0.2) is 0 Å². The zero-order chi connectivity index (χ0) is 23.0. The largest absolute Gasteiger partial charge is 0.496 e. The molecule has 2 fully saturated rings. The van der Waals surface area contributed by atoms with Crippen LogP contribution in [0.15, 0.2) is 53.4 Å². The van der Waals surface area contributed by atoms with Crippen molar-refractivity contribution in [2.75, 3.05) is 45.6 Å². The number of nitrogens with one attached hydrogen (secondary N) is 1. The second kappa shape index (κ2) is 11.6. The normalized spacial score (nSPS) is 17.2. The summed E-state index contributed by atoms with van der Waals surface area (Å²) in [6.45, 7) is 4.24. The summed E-state index contributed by atoms with van der Waals surface area (Å²) in [5.74, 6) is 1.26. The molecular formula is C26H33N3O3S. The van der Waals surface area contributed by atoms with Gasteiger partial charge in [0.1, 0.15) is 5.75 Å². The molecule has 2 aromatic rings. The maximum Gasteiger partial charge on any atom is 0.252 e. The van der Waals surface area contributed by atoms with E-state index >= 15 is 0 Å². The lowest BCUT2D eigenvalue weighted by Gasteiger charge is -2.29. The number of benzene rings is 2. The predicted molar refractivity (Wildman–Crippen MR) is 132 cm³/mol. The number of methoxy groups -OCH3 is 1. The van der Waals surface area contributed by atoms with Gasteiger partial charge in [-0.1, -0.05) is 30.3 Å². The molecule has 33 heavy (non-hydrogen) atoms. The van der Waals surface area contributed by atoms with E-state index in [0.717, 1.165) is 55.2 Å². The van der Waals surface area contributed by atoms with Gasteiger partial charge in [0, 0.05) is 30.1 Å². The minimum Gasteiger partial charge on any atom is -0.496 e. The average Bonchev–Trinajstić information content (AvgIpc) is 3.58. The molecule has 7 heteroatoms. The van der Waals surface area contributed by atoms with Crippen LogP contribution in [0.5, 0.6) is 5.75 Å². The molecule has 2 heterocycles. The van der Waals surface area contributed by atoms with Gasteiger partial charge < -0.3 is 15.0 Å². The van der Waals surface area contributed by atoms with Crippen LogP contribution >= 0.6 is 11.8 Å². The first kappa shape index (κ1) is 23.6. The molecule has 0 saturated carbocycles. The summed E-state index contributed by atoms with van der Waals surface area (Å²) in [4.78, 5) is 30.9. The highest BCUT2D eigenvalue weighted by Crippen LogP contribution is 2.31. The molecular weight excluding hydrogens is 434 g/mol. The molecule has 0 radical (unpaired) electrons. The molecule has 1 N–H and O–H groups in total. The van der Waals surface area contributed by atoms with Crippen LogP contribution in [0.3, 0.4) is 0 Å². The summed E-state index contributed by atoms with van der Waals surface area (Å²) in [6.07, 6.45) is 4.51. The van der Waals surface area contributed by atoms with Crippen molar-refractivity contribution in [2.45, 2.75) is 36.6 Å². The number of hydrogen-bond donors (Lipinski definition) is 1. The Labute approximate surface area is 200 Å². The van der Waals surface area contributed by atoms with Crippen molar-refractivity contribution in [3.63, 3.8) is 0 Å². The number of para-hydroxylation sites is 1. The second-order valence-electron chi connectivity index (χ2n) is 8.58. The molecule has 0 bridgehead atoms. The number of likely N-dealkylation sites (tertiary alicyclic amines) is 2. The maximum atomic E-state index is 13.2. The van der Waals surface area contributed by atoms with Gasteiger partial charge in [-0.2, -0.15) is 0 Å². The van der Waals surface area contributed by atoms with E-state index in [2.05, 4.69) is 16.3 Å². The summed E-state index contributed by atoms with van der Waals surface area (Å²) < 4.78 is 5.61. The number of thioether (sulfide) groups is 1. The van der Waals surface area contributed by atoms with Gasteiger partial charge in [0.05, 0.1) is 24.5 Å². The van der Waals surface area contributed by atoms with E-state index in [1.807, 2.05) is 47.4 Å². The molecule has 176 valence electrons. The van der Waals surface area contributed by atoms with Crippen LogP contribution in [-0.2, 0) is 4.79 Å². The Hall–Kier alpha value is -2.51. The Morgan fingerprint density at radius 1 is 0.970 bits per heavy atom. The van der Waals surface area contributed by atoms with Crippen LogP contribution in [0.2, 0.25) is 0 Å². The molecule has 4 rings (SSSR count). The van der Waals surface area contributed by atoms with E-state index in [1.54, 1.807) is 7.11 Å². The molecule has 1 unspecified atom stereocenters. The van der Waals surface area contributed by atoms with Crippen molar-refractivity contribution in [3.8, 4) is 5.75 Å². The summed E-state index contributed by atoms with van der Waals surface area (Å²) in [5.41, 5.74) is 1.72. The van der Waals surface area contributed by atoms with Crippen molar-refractivity contribution in [1.29, 1.82) is 0 Å². The Morgan fingerprint density at radius 3 is 2.39 bits per heavy atom.